The van der Waals surface area contributed by atoms with Gasteiger partial charge in [-0.1, -0.05) is 11.6 Å². The summed E-state index contributed by atoms with van der Waals surface area (Å²) >= 11 is 5.74. The van der Waals surface area contributed by atoms with Crippen LogP contribution in [0.1, 0.15) is 0 Å². The Hall–Kier alpha value is -1.16. The van der Waals surface area contributed by atoms with Gasteiger partial charge in [0.05, 0.1) is 0 Å². The molecule has 0 aliphatic carbocycles. The summed E-state index contributed by atoms with van der Waals surface area (Å²) in [6.45, 7) is 0. The van der Waals surface area contributed by atoms with Crippen molar-refractivity contribution >= 4 is 22.6 Å². The van der Waals surface area contributed by atoms with Crippen molar-refractivity contribution in [3.8, 4) is 0 Å². The molecule has 56 valence electrons. The van der Waals surface area contributed by atoms with E-state index in [-0.39, 0.29) is 0 Å². The standard InChI is InChI=1S/C6H5ClN4/c1-11-9-4-2-3-8-6(7)5(4)10-11/h2-3H,1H3. The molecule has 0 spiro atoms. The van der Waals surface area contributed by atoms with Crippen LogP contribution >= 0.6 is 11.6 Å². The molecule has 2 heterocycles. The molecular weight excluding hydrogens is 164 g/mol. The molecule has 0 aromatic carbocycles. The van der Waals surface area contributed by atoms with Gasteiger partial charge in [-0.15, -0.1) is 0 Å². The van der Waals surface area contributed by atoms with E-state index >= 15 is 0 Å². The Labute approximate surface area is 67.8 Å². The topological polar surface area (TPSA) is 43.6 Å². The molecule has 0 bridgehead atoms. The third kappa shape index (κ3) is 0.952. The van der Waals surface area contributed by atoms with Gasteiger partial charge in [-0.25, -0.2) is 4.98 Å². The van der Waals surface area contributed by atoms with Crippen molar-refractivity contribution in [2.24, 2.45) is 7.05 Å². The van der Waals surface area contributed by atoms with E-state index in [0.717, 1.165) is 5.52 Å². The van der Waals surface area contributed by atoms with Crippen LogP contribution in [-0.2, 0) is 7.05 Å². The quantitative estimate of drug-likeness (QED) is 0.552. The van der Waals surface area contributed by atoms with Crippen molar-refractivity contribution < 1.29 is 0 Å². The number of nitrogens with zero attached hydrogens (tertiary/aromatic N) is 4. The molecule has 2 aromatic rings. The van der Waals surface area contributed by atoms with E-state index in [1.54, 1.807) is 19.3 Å². The molecule has 2 aromatic heterocycles. The second-order valence-corrected chi connectivity index (χ2v) is 2.52. The zero-order valence-electron chi connectivity index (χ0n) is 5.82. The SMILES string of the molecule is Cn1nc2ccnc(Cl)c2n1. The summed E-state index contributed by atoms with van der Waals surface area (Å²) in [5, 5.41) is 8.48. The van der Waals surface area contributed by atoms with Gasteiger partial charge in [0.15, 0.2) is 5.15 Å². The highest BCUT2D eigenvalue weighted by molar-refractivity contribution is 6.33. The number of hydrogen-bond donors (Lipinski definition) is 0. The highest BCUT2D eigenvalue weighted by Gasteiger charge is 2.03. The molecule has 11 heavy (non-hydrogen) atoms. The van der Waals surface area contributed by atoms with Crippen LogP contribution in [0.2, 0.25) is 5.15 Å². The molecule has 0 saturated carbocycles. The van der Waals surface area contributed by atoms with Gasteiger partial charge in [-0.3, -0.25) is 0 Å². The zero-order chi connectivity index (χ0) is 7.84. The van der Waals surface area contributed by atoms with E-state index in [4.69, 9.17) is 11.6 Å². The van der Waals surface area contributed by atoms with Gasteiger partial charge in [0.1, 0.15) is 11.0 Å². The smallest absolute Gasteiger partial charge is 0.158 e. The van der Waals surface area contributed by atoms with Crippen molar-refractivity contribution in [2.45, 2.75) is 0 Å². The van der Waals surface area contributed by atoms with Crippen molar-refractivity contribution in [3.63, 3.8) is 0 Å². The lowest BCUT2D eigenvalue weighted by Crippen LogP contribution is -1.90. The van der Waals surface area contributed by atoms with E-state index in [1.807, 2.05) is 0 Å². The lowest BCUT2D eigenvalue weighted by Gasteiger charge is -1.85. The maximum atomic E-state index is 5.74. The Balaban J connectivity index is 2.90. The number of pyridine rings is 1. The van der Waals surface area contributed by atoms with E-state index in [1.165, 1.54) is 4.80 Å². The minimum absolute atomic E-state index is 0.399. The van der Waals surface area contributed by atoms with Crippen molar-refractivity contribution in [1.82, 2.24) is 20.0 Å². The van der Waals surface area contributed by atoms with Crippen molar-refractivity contribution in [1.29, 1.82) is 0 Å². The Morgan fingerprint density at radius 1 is 1.45 bits per heavy atom. The number of fused-ring (bicyclic) bond motifs is 1. The maximum Gasteiger partial charge on any atom is 0.158 e. The van der Waals surface area contributed by atoms with Gasteiger partial charge in [0, 0.05) is 13.2 Å². The third-order valence-corrected chi connectivity index (χ3v) is 1.63. The van der Waals surface area contributed by atoms with Crippen LogP contribution in [0.25, 0.3) is 11.0 Å². The molecule has 0 radical (unpaired) electrons. The van der Waals surface area contributed by atoms with E-state index < -0.39 is 0 Å². The predicted octanol–water partition coefficient (Wildman–Crippen LogP) is 1.02. The minimum Gasteiger partial charge on any atom is -0.242 e. The molecule has 0 fully saturated rings. The van der Waals surface area contributed by atoms with E-state index in [9.17, 15) is 0 Å². The van der Waals surface area contributed by atoms with Crippen LogP contribution in [0.5, 0.6) is 0 Å². The average Bonchev–Trinajstić information content (AvgIpc) is 2.31. The second-order valence-electron chi connectivity index (χ2n) is 2.16. The maximum absolute atomic E-state index is 5.74. The number of halogens is 1. The van der Waals surface area contributed by atoms with Crippen molar-refractivity contribution in [2.75, 3.05) is 0 Å². The fraction of sp³-hybridized carbons (Fsp3) is 0.167. The minimum atomic E-state index is 0.399. The second kappa shape index (κ2) is 2.17. The highest BCUT2D eigenvalue weighted by atomic mass is 35.5. The number of hydrogen-bond acceptors (Lipinski definition) is 3. The van der Waals surface area contributed by atoms with Crippen LogP contribution in [0.4, 0.5) is 0 Å². The summed E-state index contributed by atoms with van der Waals surface area (Å²) in [7, 11) is 1.75. The van der Waals surface area contributed by atoms with Crippen LogP contribution < -0.4 is 0 Å². The highest BCUT2D eigenvalue weighted by Crippen LogP contribution is 2.15. The lowest BCUT2D eigenvalue weighted by atomic mass is 10.4. The molecule has 5 heteroatoms. The van der Waals surface area contributed by atoms with Gasteiger partial charge in [-0.2, -0.15) is 15.0 Å². The summed E-state index contributed by atoms with van der Waals surface area (Å²) < 4.78 is 0. The number of aromatic nitrogens is 4. The van der Waals surface area contributed by atoms with E-state index in [2.05, 4.69) is 15.2 Å². The third-order valence-electron chi connectivity index (χ3n) is 1.36. The predicted molar refractivity (Wildman–Crippen MR) is 41.3 cm³/mol. The molecule has 4 nitrogen and oxygen atoms in total. The normalized spacial score (nSPS) is 10.7. The Bertz CT molecular complexity index is 394. The Kier molecular flexibility index (Phi) is 1.29. The fourth-order valence-electron chi connectivity index (χ4n) is 0.915. The zero-order valence-corrected chi connectivity index (χ0v) is 6.58. The molecule has 0 aliphatic rings. The summed E-state index contributed by atoms with van der Waals surface area (Å²) in [5.74, 6) is 0. The van der Waals surface area contributed by atoms with Gasteiger partial charge < -0.3 is 0 Å². The molecular formula is C6H5ClN4. The Morgan fingerprint density at radius 3 is 3.00 bits per heavy atom. The first-order valence-corrected chi connectivity index (χ1v) is 3.47. The summed E-state index contributed by atoms with van der Waals surface area (Å²) in [4.78, 5) is 5.34. The first kappa shape index (κ1) is 6.54. The van der Waals surface area contributed by atoms with Gasteiger partial charge in [-0.05, 0) is 6.07 Å². The lowest BCUT2D eigenvalue weighted by molar-refractivity contribution is 0.665. The van der Waals surface area contributed by atoms with Crippen LogP contribution in [0.3, 0.4) is 0 Å². The summed E-state index contributed by atoms with van der Waals surface area (Å²) in [6, 6.07) is 1.77. The monoisotopic (exact) mass is 168 g/mol. The fourth-order valence-corrected chi connectivity index (χ4v) is 1.11. The van der Waals surface area contributed by atoms with Crippen LogP contribution in [-0.4, -0.2) is 20.0 Å². The Morgan fingerprint density at radius 2 is 2.27 bits per heavy atom. The number of rotatable bonds is 0. The van der Waals surface area contributed by atoms with Crippen molar-refractivity contribution in [3.05, 3.63) is 17.4 Å². The molecule has 0 unspecified atom stereocenters. The summed E-state index contributed by atoms with van der Waals surface area (Å²) in [6.07, 6.45) is 1.61. The van der Waals surface area contributed by atoms with E-state index in [0.29, 0.717) is 10.7 Å². The van der Waals surface area contributed by atoms with Gasteiger partial charge in [0.2, 0.25) is 0 Å². The van der Waals surface area contributed by atoms with Gasteiger partial charge >= 0.3 is 0 Å². The molecule has 0 amide bonds. The summed E-state index contributed by atoms with van der Waals surface area (Å²) in [5.41, 5.74) is 1.42. The van der Waals surface area contributed by atoms with Crippen LogP contribution in [0, 0.1) is 0 Å². The molecule has 0 N–H and O–H groups in total. The first-order valence-electron chi connectivity index (χ1n) is 3.09. The molecule has 0 saturated heterocycles. The molecule has 0 aliphatic heterocycles. The molecule has 0 atom stereocenters. The largest absolute Gasteiger partial charge is 0.242 e. The van der Waals surface area contributed by atoms with Gasteiger partial charge in [0.25, 0.3) is 0 Å². The average molecular weight is 169 g/mol. The molecule has 2 rings (SSSR count). The van der Waals surface area contributed by atoms with Crippen LogP contribution in [0.15, 0.2) is 12.3 Å². The number of aryl methyl sites for hydroxylation is 1. The first-order chi connectivity index (χ1) is 5.27.